The van der Waals surface area contributed by atoms with Crippen LogP contribution < -0.4 is 5.69 Å². The van der Waals surface area contributed by atoms with E-state index in [1.807, 2.05) is 27.6 Å². The summed E-state index contributed by atoms with van der Waals surface area (Å²) in [4.78, 5) is 12.0. The third-order valence-electron chi connectivity index (χ3n) is 3.77. The molecule has 3 rings (SSSR count). The van der Waals surface area contributed by atoms with Crippen molar-refractivity contribution in [2.45, 2.75) is 44.7 Å². The summed E-state index contributed by atoms with van der Waals surface area (Å²) < 4.78 is 3.74. The molecule has 1 heterocycles. The zero-order valence-electron chi connectivity index (χ0n) is 11.2. The lowest BCUT2D eigenvalue weighted by Crippen LogP contribution is -2.23. The third-order valence-corrected chi connectivity index (χ3v) is 3.77. The van der Waals surface area contributed by atoms with Gasteiger partial charge >= 0.3 is 5.69 Å². The molecule has 3 nitrogen and oxygen atoms in total. The molecule has 0 radical (unpaired) electrons. The minimum atomic E-state index is 0.169. The molecule has 0 saturated heterocycles. The molecule has 0 amide bonds. The van der Waals surface area contributed by atoms with Crippen molar-refractivity contribution in [1.29, 1.82) is 0 Å². The van der Waals surface area contributed by atoms with E-state index in [4.69, 9.17) is 0 Å². The summed E-state index contributed by atoms with van der Waals surface area (Å²) in [5.41, 5.74) is 1.55. The predicted molar refractivity (Wildman–Crippen MR) is 76.3 cm³/mol. The number of benzene rings is 1. The Morgan fingerprint density at radius 2 is 1.84 bits per heavy atom. The van der Waals surface area contributed by atoms with E-state index < -0.39 is 0 Å². The molecule has 0 atom stereocenters. The molecule has 19 heavy (non-hydrogen) atoms. The summed E-state index contributed by atoms with van der Waals surface area (Å²) in [6, 6.07) is 11.0. The van der Waals surface area contributed by atoms with Gasteiger partial charge in [0.1, 0.15) is 0 Å². The van der Waals surface area contributed by atoms with Crippen LogP contribution >= 0.6 is 0 Å². The first-order valence-electron chi connectivity index (χ1n) is 7.16. The normalized spacial score (nSPS) is 14.7. The Kier molecular flexibility index (Phi) is 3.53. The van der Waals surface area contributed by atoms with Gasteiger partial charge in [0, 0.05) is 25.0 Å². The fourth-order valence-electron chi connectivity index (χ4n) is 2.48. The van der Waals surface area contributed by atoms with Crippen LogP contribution in [-0.4, -0.2) is 9.13 Å². The second-order valence-corrected chi connectivity index (χ2v) is 5.36. The van der Waals surface area contributed by atoms with E-state index in [-0.39, 0.29) is 5.69 Å². The Morgan fingerprint density at radius 1 is 1.05 bits per heavy atom. The smallest absolute Gasteiger partial charge is 0.299 e. The molecular weight excluding hydrogens is 236 g/mol. The van der Waals surface area contributed by atoms with Crippen molar-refractivity contribution in [2.24, 2.45) is 0 Å². The SMILES string of the molecule is O=c1n(CCCCc2ccccc2)ccn1C1CC1. The molecule has 1 fully saturated rings. The van der Waals surface area contributed by atoms with Crippen molar-refractivity contribution < 1.29 is 0 Å². The largest absolute Gasteiger partial charge is 0.328 e. The van der Waals surface area contributed by atoms with Crippen LogP contribution in [0.4, 0.5) is 0 Å². The van der Waals surface area contributed by atoms with Gasteiger partial charge in [-0.2, -0.15) is 0 Å². The number of imidazole rings is 1. The quantitative estimate of drug-likeness (QED) is 0.730. The van der Waals surface area contributed by atoms with Crippen molar-refractivity contribution in [1.82, 2.24) is 9.13 Å². The van der Waals surface area contributed by atoms with Crippen molar-refractivity contribution in [3.05, 3.63) is 58.8 Å². The number of aryl methyl sites for hydroxylation is 2. The highest BCUT2D eigenvalue weighted by Crippen LogP contribution is 2.33. The summed E-state index contributed by atoms with van der Waals surface area (Å²) in [5, 5.41) is 0. The highest BCUT2D eigenvalue weighted by molar-refractivity contribution is 5.14. The number of nitrogens with zero attached hydrogens (tertiary/aromatic N) is 2. The molecule has 3 heteroatoms. The maximum atomic E-state index is 12.0. The molecular formula is C16H20N2O. The van der Waals surface area contributed by atoms with Gasteiger partial charge in [-0.05, 0) is 37.7 Å². The topological polar surface area (TPSA) is 26.9 Å². The first kappa shape index (κ1) is 12.3. The minimum absolute atomic E-state index is 0.169. The van der Waals surface area contributed by atoms with Gasteiger partial charge in [0.15, 0.2) is 0 Å². The number of aromatic nitrogens is 2. The lowest BCUT2D eigenvalue weighted by molar-refractivity contribution is 0.572. The third kappa shape index (κ3) is 2.98. The second kappa shape index (κ2) is 5.47. The monoisotopic (exact) mass is 256 g/mol. The van der Waals surface area contributed by atoms with E-state index in [0.717, 1.165) is 38.6 Å². The summed E-state index contributed by atoms with van der Waals surface area (Å²) in [5.74, 6) is 0. The maximum absolute atomic E-state index is 12.0. The molecule has 1 saturated carbocycles. The average Bonchev–Trinajstić information content (AvgIpc) is 3.21. The Labute approximate surface area is 113 Å². The molecule has 0 N–H and O–H groups in total. The summed E-state index contributed by atoms with van der Waals surface area (Å²) in [7, 11) is 0. The van der Waals surface area contributed by atoms with Gasteiger partial charge in [0.2, 0.25) is 0 Å². The van der Waals surface area contributed by atoms with Gasteiger partial charge < -0.3 is 0 Å². The van der Waals surface area contributed by atoms with Gasteiger partial charge in [-0.3, -0.25) is 9.13 Å². The lowest BCUT2D eigenvalue weighted by Gasteiger charge is -2.03. The predicted octanol–water partition coefficient (Wildman–Crippen LogP) is 3.01. The first-order valence-corrected chi connectivity index (χ1v) is 7.16. The van der Waals surface area contributed by atoms with Gasteiger partial charge in [-0.25, -0.2) is 4.79 Å². The number of unbranched alkanes of at least 4 members (excludes halogenated alkanes) is 1. The van der Waals surface area contributed by atoms with Crippen LogP contribution in [0.5, 0.6) is 0 Å². The molecule has 0 aliphatic heterocycles. The Bertz CT molecular complexity index is 578. The van der Waals surface area contributed by atoms with Gasteiger partial charge in [-0.1, -0.05) is 30.3 Å². The molecule has 1 aliphatic carbocycles. The molecule has 0 unspecified atom stereocenters. The molecule has 1 aliphatic rings. The molecule has 0 spiro atoms. The second-order valence-electron chi connectivity index (χ2n) is 5.36. The molecule has 1 aromatic heterocycles. The van der Waals surface area contributed by atoms with Crippen molar-refractivity contribution >= 4 is 0 Å². The van der Waals surface area contributed by atoms with Crippen LogP contribution in [0.1, 0.15) is 37.3 Å². The van der Waals surface area contributed by atoms with E-state index in [2.05, 4.69) is 24.3 Å². The molecule has 0 bridgehead atoms. The Morgan fingerprint density at radius 3 is 2.58 bits per heavy atom. The van der Waals surface area contributed by atoms with Gasteiger partial charge in [0.25, 0.3) is 0 Å². The fourth-order valence-corrected chi connectivity index (χ4v) is 2.48. The number of hydrogen-bond acceptors (Lipinski definition) is 1. The fraction of sp³-hybridized carbons (Fsp3) is 0.438. The molecule has 1 aromatic carbocycles. The van der Waals surface area contributed by atoms with Crippen LogP contribution in [0, 0.1) is 0 Å². The summed E-state index contributed by atoms with van der Waals surface area (Å²) >= 11 is 0. The van der Waals surface area contributed by atoms with Crippen LogP contribution in [-0.2, 0) is 13.0 Å². The molecule has 2 aromatic rings. The maximum Gasteiger partial charge on any atom is 0.328 e. The Balaban J connectivity index is 1.49. The van der Waals surface area contributed by atoms with E-state index in [1.165, 1.54) is 5.56 Å². The van der Waals surface area contributed by atoms with Crippen molar-refractivity contribution in [3.63, 3.8) is 0 Å². The Hall–Kier alpha value is -1.77. The summed E-state index contributed by atoms with van der Waals surface area (Å²) in [6.07, 6.45) is 9.49. The van der Waals surface area contributed by atoms with Crippen LogP contribution in [0.2, 0.25) is 0 Å². The first-order chi connectivity index (χ1) is 9.34. The highest BCUT2D eigenvalue weighted by Gasteiger charge is 2.25. The van der Waals surface area contributed by atoms with E-state index >= 15 is 0 Å². The minimum Gasteiger partial charge on any atom is -0.299 e. The van der Waals surface area contributed by atoms with Crippen molar-refractivity contribution in [3.8, 4) is 0 Å². The number of hydrogen-bond donors (Lipinski definition) is 0. The standard InChI is InChI=1S/C16H20N2O/c19-16-17(12-13-18(16)15-9-10-15)11-5-4-8-14-6-2-1-3-7-14/h1-3,6-7,12-13,15H,4-5,8-11H2. The number of rotatable bonds is 6. The van der Waals surface area contributed by atoms with Gasteiger partial charge in [0.05, 0.1) is 0 Å². The average molecular weight is 256 g/mol. The summed E-state index contributed by atoms with van der Waals surface area (Å²) in [6.45, 7) is 0.839. The van der Waals surface area contributed by atoms with E-state index in [9.17, 15) is 4.79 Å². The lowest BCUT2D eigenvalue weighted by atomic mass is 10.1. The van der Waals surface area contributed by atoms with E-state index in [1.54, 1.807) is 0 Å². The highest BCUT2D eigenvalue weighted by atomic mass is 16.1. The van der Waals surface area contributed by atoms with Crippen molar-refractivity contribution in [2.75, 3.05) is 0 Å². The van der Waals surface area contributed by atoms with Crippen LogP contribution in [0.15, 0.2) is 47.5 Å². The van der Waals surface area contributed by atoms with Gasteiger partial charge in [-0.15, -0.1) is 0 Å². The zero-order chi connectivity index (χ0) is 13.1. The van der Waals surface area contributed by atoms with E-state index in [0.29, 0.717) is 6.04 Å². The molecule has 100 valence electrons. The van der Waals surface area contributed by atoms with Crippen LogP contribution in [0.25, 0.3) is 0 Å². The van der Waals surface area contributed by atoms with Crippen LogP contribution in [0.3, 0.4) is 0 Å². The zero-order valence-corrected chi connectivity index (χ0v) is 11.2.